The van der Waals surface area contributed by atoms with Gasteiger partial charge in [-0.1, -0.05) is 36.4 Å². The molecule has 7 heteroatoms. The zero-order valence-corrected chi connectivity index (χ0v) is 15.1. The highest BCUT2D eigenvalue weighted by molar-refractivity contribution is 6.10. The molecule has 2 rings (SSSR count). The summed E-state index contributed by atoms with van der Waals surface area (Å²) in [5.41, 5.74) is 1.91. The number of benzene rings is 1. The summed E-state index contributed by atoms with van der Waals surface area (Å²) in [6.07, 6.45) is 5.10. The van der Waals surface area contributed by atoms with E-state index in [0.29, 0.717) is 5.69 Å². The van der Waals surface area contributed by atoms with E-state index in [1.54, 1.807) is 12.1 Å². The van der Waals surface area contributed by atoms with Crippen LogP contribution in [0.15, 0.2) is 48.7 Å². The third kappa shape index (κ3) is 5.08. The molecule has 0 saturated heterocycles. The molecule has 0 radical (unpaired) electrons. The van der Waals surface area contributed by atoms with Crippen molar-refractivity contribution in [1.29, 1.82) is 0 Å². The molecule has 1 unspecified atom stereocenters. The van der Waals surface area contributed by atoms with Crippen LogP contribution in [-0.2, 0) is 9.59 Å². The lowest BCUT2D eigenvalue weighted by Gasteiger charge is -2.25. The van der Waals surface area contributed by atoms with E-state index in [4.69, 9.17) is 5.11 Å². The van der Waals surface area contributed by atoms with Gasteiger partial charge in [-0.2, -0.15) is 0 Å². The van der Waals surface area contributed by atoms with Gasteiger partial charge in [0.05, 0.1) is 11.3 Å². The molecule has 1 atom stereocenters. The molecule has 0 spiro atoms. The number of hydrogen-bond donors (Lipinski definition) is 2. The van der Waals surface area contributed by atoms with Gasteiger partial charge in [0.2, 0.25) is 5.91 Å². The van der Waals surface area contributed by atoms with Gasteiger partial charge < -0.3 is 15.3 Å². The molecule has 7 nitrogen and oxygen atoms in total. The molecule has 0 aliphatic heterocycles. The standard InChI is InChI=1S/C20H21N3O4/c1-21-19(26)18(17(25)13-24)23(2)20(27)15-9-11-16(22-12-15)10-8-14-6-4-3-5-7-14/h3-12,18,24H,13H2,1-2H3,(H,21,26)/b10-8+. The number of ketones is 1. The van der Waals surface area contributed by atoms with Crippen molar-refractivity contribution in [3.63, 3.8) is 0 Å². The second kappa shape index (κ2) is 9.40. The van der Waals surface area contributed by atoms with Gasteiger partial charge in [-0.25, -0.2) is 0 Å². The van der Waals surface area contributed by atoms with Gasteiger partial charge in [0, 0.05) is 20.3 Å². The van der Waals surface area contributed by atoms with Gasteiger partial charge in [0.1, 0.15) is 6.61 Å². The number of amides is 2. The van der Waals surface area contributed by atoms with Crippen LogP contribution in [0.3, 0.4) is 0 Å². The molecule has 1 heterocycles. The van der Waals surface area contributed by atoms with Crippen LogP contribution in [0.5, 0.6) is 0 Å². The number of hydrogen-bond acceptors (Lipinski definition) is 5. The average Bonchev–Trinajstić information content (AvgIpc) is 2.72. The van der Waals surface area contributed by atoms with Gasteiger partial charge in [-0.05, 0) is 23.8 Å². The van der Waals surface area contributed by atoms with Crippen LogP contribution in [0.25, 0.3) is 12.2 Å². The molecular formula is C20H21N3O4. The minimum Gasteiger partial charge on any atom is -0.388 e. The lowest BCUT2D eigenvalue weighted by molar-refractivity contribution is -0.135. The normalized spacial score (nSPS) is 11.8. The SMILES string of the molecule is CNC(=O)C(C(=O)CO)N(C)C(=O)c1ccc(/C=C/c2ccccc2)nc1. The topological polar surface area (TPSA) is 99.6 Å². The molecular weight excluding hydrogens is 346 g/mol. The largest absolute Gasteiger partial charge is 0.388 e. The Bertz CT molecular complexity index is 816. The van der Waals surface area contributed by atoms with Crippen LogP contribution in [0.2, 0.25) is 0 Å². The second-order valence-corrected chi connectivity index (χ2v) is 5.77. The Morgan fingerprint density at radius 3 is 2.41 bits per heavy atom. The lowest BCUT2D eigenvalue weighted by atomic mass is 10.1. The van der Waals surface area contributed by atoms with Crippen LogP contribution in [-0.4, -0.2) is 59.3 Å². The molecule has 2 N–H and O–H groups in total. The Morgan fingerprint density at radius 2 is 1.85 bits per heavy atom. The Morgan fingerprint density at radius 1 is 1.15 bits per heavy atom. The predicted molar refractivity (Wildman–Crippen MR) is 102 cm³/mol. The number of aromatic nitrogens is 1. The summed E-state index contributed by atoms with van der Waals surface area (Å²) >= 11 is 0. The minimum atomic E-state index is -1.40. The van der Waals surface area contributed by atoms with E-state index in [0.717, 1.165) is 10.5 Å². The maximum atomic E-state index is 12.6. The minimum absolute atomic E-state index is 0.231. The van der Waals surface area contributed by atoms with Crippen LogP contribution in [0, 0.1) is 0 Å². The number of aliphatic hydroxyl groups is 1. The smallest absolute Gasteiger partial charge is 0.256 e. The van der Waals surface area contributed by atoms with E-state index in [1.165, 1.54) is 20.3 Å². The van der Waals surface area contributed by atoms with Gasteiger partial charge in [0.25, 0.3) is 5.91 Å². The fourth-order valence-electron chi connectivity index (χ4n) is 2.46. The third-order valence-electron chi connectivity index (χ3n) is 3.94. The van der Waals surface area contributed by atoms with E-state index in [1.807, 2.05) is 42.5 Å². The van der Waals surface area contributed by atoms with E-state index in [-0.39, 0.29) is 5.56 Å². The maximum absolute atomic E-state index is 12.6. The number of pyridine rings is 1. The molecule has 1 aromatic heterocycles. The van der Waals surface area contributed by atoms with Crippen LogP contribution in [0.4, 0.5) is 0 Å². The van der Waals surface area contributed by atoms with Gasteiger partial charge in [-0.3, -0.25) is 19.4 Å². The van der Waals surface area contributed by atoms with Crippen LogP contribution in [0.1, 0.15) is 21.6 Å². The number of Topliss-reactive ketones (excluding diaryl/α,β-unsaturated/α-hetero) is 1. The van der Waals surface area contributed by atoms with E-state index >= 15 is 0 Å². The molecule has 1 aromatic carbocycles. The highest BCUT2D eigenvalue weighted by atomic mass is 16.3. The molecule has 2 amide bonds. The fraction of sp³-hybridized carbons (Fsp3) is 0.200. The van der Waals surface area contributed by atoms with Crippen molar-refractivity contribution in [3.05, 3.63) is 65.5 Å². The van der Waals surface area contributed by atoms with Gasteiger partial charge >= 0.3 is 0 Å². The molecule has 0 fully saturated rings. The Balaban J connectivity index is 2.15. The molecule has 140 valence electrons. The lowest BCUT2D eigenvalue weighted by Crippen LogP contribution is -2.52. The Hall–Kier alpha value is -3.32. The maximum Gasteiger partial charge on any atom is 0.256 e. The molecule has 0 aliphatic carbocycles. The van der Waals surface area contributed by atoms with Crippen molar-refractivity contribution in [1.82, 2.24) is 15.2 Å². The number of carbonyl (C=O) groups is 3. The van der Waals surface area contributed by atoms with Crippen LogP contribution < -0.4 is 5.32 Å². The summed E-state index contributed by atoms with van der Waals surface area (Å²) < 4.78 is 0. The first kappa shape index (κ1) is 20.0. The van der Waals surface area contributed by atoms with Crippen molar-refractivity contribution >= 4 is 29.7 Å². The number of rotatable bonds is 7. The summed E-state index contributed by atoms with van der Waals surface area (Å²) in [5, 5.41) is 11.4. The number of likely N-dealkylation sites (N-methyl/N-ethyl adjacent to an activating group) is 2. The van der Waals surface area contributed by atoms with Crippen molar-refractivity contribution in [2.24, 2.45) is 0 Å². The Labute approximate surface area is 157 Å². The van der Waals surface area contributed by atoms with E-state index in [9.17, 15) is 14.4 Å². The van der Waals surface area contributed by atoms with Crippen molar-refractivity contribution in [2.45, 2.75) is 6.04 Å². The number of nitrogens with zero attached hydrogens (tertiary/aromatic N) is 2. The monoisotopic (exact) mass is 367 g/mol. The van der Waals surface area contributed by atoms with E-state index in [2.05, 4.69) is 10.3 Å². The third-order valence-corrected chi connectivity index (χ3v) is 3.94. The number of nitrogens with one attached hydrogen (secondary N) is 1. The molecule has 27 heavy (non-hydrogen) atoms. The zero-order valence-electron chi connectivity index (χ0n) is 15.1. The van der Waals surface area contributed by atoms with Crippen molar-refractivity contribution < 1.29 is 19.5 Å². The highest BCUT2D eigenvalue weighted by Crippen LogP contribution is 2.10. The first-order chi connectivity index (χ1) is 13.0. The second-order valence-electron chi connectivity index (χ2n) is 5.77. The Kier molecular flexibility index (Phi) is 6.96. The summed E-state index contributed by atoms with van der Waals surface area (Å²) in [6.45, 7) is -0.836. The zero-order chi connectivity index (χ0) is 19.8. The summed E-state index contributed by atoms with van der Waals surface area (Å²) in [6, 6.07) is 11.6. The fourth-order valence-corrected chi connectivity index (χ4v) is 2.46. The number of carbonyl (C=O) groups excluding carboxylic acids is 3. The highest BCUT2D eigenvalue weighted by Gasteiger charge is 2.32. The number of aliphatic hydroxyl groups excluding tert-OH is 1. The first-order valence-electron chi connectivity index (χ1n) is 8.29. The first-order valence-corrected chi connectivity index (χ1v) is 8.29. The predicted octanol–water partition coefficient (Wildman–Crippen LogP) is 1.00. The summed E-state index contributed by atoms with van der Waals surface area (Å²) in [4.78, 5) is 41.5. The molecule has 2 aromatic rings. The van der Waals surface area contributed by atoms with Gasteiger partial charge in [-0.15, -0.1) is 0 Å². The average molecular weight is 367 g/mol. The van der Waals surface area contributed by atoms with Crippen LogP contribution >= 0.6 is 0 Å². The van der Waals surface area contributed by atoms with Gasteiger partial charge in [0.15, 0.2) is 11.8 Å². The quantitative estimate of drug-likeness (QED) is 0.711. The molecule has 0 saturated carbocycles. The summed E-state index contributed by atoms with van der Waals surface area (Å²) in [5.74, 6) is -1.97. The van der Waals surface area contributed by atoms with Crippen molar-refractivity contribution in [2.75, 3.05) is 20.7 Å². The summed E-state index contributed by atoms with van der Waals surface area (Å²) in [7, 11) is 2.69. The van der Waals surface area contributed by atoms with E-state index < -0.39 is 30.2 Å². The molecule has 0 aliphatic rings. The van der Waals surface area contributed by atoms with Crippen molar-refractivity contribution in [3.8, 4) is 0 Å². The molecule has 0 bridgehead atoms.